The zero-order valence-electron chi connectivity index (χ0n) is 45.1. The molecular formula is C57H61N9O15. The Morgan fingerprint density at radius 3 is 1.72 bits per heavy atom. The molecular weight excluding hydrogens is 1050 g/mol. The Labute approximate surface area is 463 Å². The van der Waals surface area contributed by atoms with E-state index in [1.165, 1.54) is 55.2 Å². The van der Waals surface area contributed by atoms with Crippen molar-refractivity contribution in [2.24, 2.45) is 0 Å². The number of H-pyrrole nitrogens is 2. The van der Waals surface area contributed by atoms with Gasteiger partial charge >= 0.3 is 5.97 Å². The molecule has 7 amide bonds. The number of ketones is 2. The number of carbonyl (C=O) groups excluding carboxylic acids is 10. The number of benzene rings is 4. The van der Waals surface area contributed by atoms with Gasteiger partial charge in [-0.1, -0.05) is 54.6 Å². The highest BCUT2D eigenvalue weighted by molar-refractivity contribution is 6.46. The average molecular weight is 1110 g/mol. The fourth-order valence-electron chi connectivity index (χ4n) is 9.97. The van der Waals surface area contributed by atoms with Crippen LogP contribution in [0.25, 0.3) is 32.9 Å². The van der Waals surface area contributed by atoms with Crippen LogP contribution in [0.5, 0.6) is 0 Å². The molecule has 2 aliphatic rings. The van der Waals surface area contributed by atoms with Crippen LogP contribution in [0, 0.1) is 0 Å². The summed E-state index contributed by atoms with van der Waals surface area (Å²) in [6.07, 6.45) is -3.65. The number of para-hydroxylation sites is 1. The van der Waals surface area contributed by atoms with Gasteiger partial charge in [0.1, 0.15) is 0 Å². The molecule has 424 valence electrons. The van der Waals surface area contributed by atoms with Gasteiger partial charge in [0.15, 0.2) is 24.1 Å². The molecule has 24 heteroatoms. The van der Waals surface area contributed by atoms with Crippen molar-refractivity contribution in [1.29, 1.82) is 0 Å². The first kappa shape index (κ1) is 58.1. The zero-order valence-corrected chi connectivity index (χ0v) is 45.1. The number of anilines is 2. The third kappa shape index (κ3) is 12.4. The molecule has 2 saturated heterocycles. The van der Waals surface area contributed by atoms with Gasteiger partial charge in [-0.15, -0.1) is 0 Å². The number of aliphatic hydroxyl groups excluding tert-OH is 2. The van der Waals surface area contributed by atoms with E-state index in [0.29, 0.717) is 16.7 Å². The van der Waals surface area contributed by atoms with E-state index in [-0.39, 0.29) is 101 Å². The minimum Gasteiger partial charge on any atom is -0.467 e. The molecule has 24 nitrogen and oxygen atoms in total. The van der Waals surface area contributed by atoms with Crippen molar-refractivity contribution in [3.63, 3.8) is 0 Å². The molecule has 4 heterocycles. The monoisotopic (exact) mass is 1110 g/mol. The Hall–Kier alpha value is -9.10. The highest BCUT2D eigenvalue weighted by Crippen LogP contribution is 2.37. The van der Waals surface area contributed by atoms with Gasteiger partial charge in [-0.3, -0.25) is 43.2 Å². The topological polar surface area (TPSA) is 330 Å². The summed E-state index contributed by atoms with van der Waals surface area (Å²) >= 11 is 0. The quantitative estimate of drug-likeness (QED) is 0.0282. The molecule has 5 unspecified atom stereocenters. The van der Waals surface area contributed by atoms with Gasteiger partial charge in [0.25, 0.3) is 47.0 Å². The number of carbonyl (C=O) groups is 10. The Morgan fingerprint density at radius 2 is 1.19 bits per heavy atom. The van der Waals surface area contributed by atoms with E-state index in [9.17, 15) is 63.3 Å². The number of rotatable bonds is 17. The highest BCUT2D eigenvalue weighted by Gasteiger charge is 2.38. The van der Waals surface area contributed by atoms with Crippen LogP contribution in [0.15, 0.2) is 97.3 Å². The molecule has 0 saturated carbocycles. The van der Waals surface area contributed by atoms with Gasteiger partial charge in [0.2, 0.25) is 5.91 Å². The van der Waals surface area contributed by atoms with E-state index < -0.39 is 89.7 Å². The summed E-state index contributed by atoms with van der Waals surface area (Å²) in [5.41, 5.74) is 2.35. The second kappa shape index (κ2) is 24.1. The first-order valence-corrected chi connectivity index (χ1v) is 25.9. The molecule has 2 aromatic heterocycles. The highest BCUT2D eigenvalue weighted by atomic mass is 16.6. The number of nitrogens with one attached hydrogen (secondary N) is 5. The first-order valence-electron chi connectivity index (χ1n) is 25.9. The van der Waals surface area contributed by atoms with E-state index in [1.54, 1.807) is 96.4 Å². The van der Waals surface area contributed by atoms with E-state index in [0.717, 1.165) is 7.11 Å². The predicted molar refractivity (Wildman–Crippen MR) is 292 cm³/mol. The average Bonchev–Trinajstić information content (AvgIpc) is 4.36. The van der Waals surface area contributed by atoms with E-state index in [4.69, 9.17) is 9.47 Å². The maximum Gasteiger partial charge on any atom is 0.335 e. The Balaban J connectivity index is 0.982. The van der Waals surface area contributed by atoms with Crippen LogP contribution in [0.1, 0.15) is 75.5 Å². The molecule has 5 atom stereocenters. The number of likely N-dealkylation sites (N-methyl/N-ethyl adjacent to an activating group) is 1. The maximum atomic E-state index is 14.1. The first-order chi connectivity index (χ1) is 38.5. The molecule has 4 aromatic carbocycles. The van der Waals surface area contributed by atoms with Crippen molar-refractivity contribution < 1.29 is 72.7 Å². The third-order valence-electron chi connectivity index (χ3n) is 14.1. The number of ether oxygens (including phenoxy) is 2. The van der Waals surface area contributed by atoms with Crippen LogP contribution < -0.4 is 16.0 Å². The molecule has 0 aliphatic carbocycles. The van der Waals surface area contributed by atoms with E-state index in [2.05, 4.69) is 25.9 Å². The number of piperazine rings is 2. The smallest absolute Gasteiger partial charge is 0.335 e. The Kier molecular flexibility index (Phi) is 17.3. The lowest BCUT2D eigenvalue weighted by Crippen LogP contribution is -2.56. The van der Waals surface area contributed by atoms with Gasteiger partial charge in [-0.25, -0.2) is 4.79 Å². The lowest BCUT2D eigenvalue weighted by molar-refractivity contribution is -0.216. The number of aliphatic hydroxyl groups is 3. The summed E-state index contributed by atoms with van der Waals surface area (Å²) in [6.45, 7) is 6.63. The summed E-state index contributed by atoms with van der Waals surface area (Å²) in [7, 11) is 2.32. The molecule has 81 heavy (non-hydrogen) atoms. The normalized spacial score (nSPS) is 16.8. The molecule has 0 radical (unpaired) electrons. The number of nitrogens with zero attached hydrogens (tertiary/aromatic N) is 4. The van der Waals surface area contributed by atoms with Crippen molar-refractivity contribution in [3.05, 3.63) is 120 Å². The van der Waals surface area contributed by atoms with Crippen molar-refractivity contribution >= 4 is 92.1 Å². The number of hydrogen-bond acceptors (Lipinski definition) is 15. The van der Waals surface area contributed by atoms with Crippen LogP contribution in [-0.4, -0.2) is 193 Å². The van der Waals surface area contributed by atoms with Crippen LogP contribution in [0.3, 0.4) is 0 Å². The van der Waals surface area contributed by atoms with Gasteiger partial charge in [-0.2, -0.15) is 0 Å². The fourth-order valence-corrected chi connectivity index (χ4v) is 9.97. The van der Waals surface area contributed by atoms with Crippen LogP contribution >= 0.6 is 0 Å². The number of esters is 1. The largest absolute Gasteiger partial charge is 0.467 e. The summed E-state index contributed by atoms with van der Waals surface area (Å²) < 4.78 is 10.3. The second-order valence-electron chi connectivity index (χ2n) is 20.2. The number of fused-ring (bicyclic) bond motifs is 2. The predicted octanol–water partition coefficient (Wildman–Crippen LogP) is 2.45. The minimum absolute atomic E-state index is 0.00228. The Bertz CT molecular complexity index is 3460. The fraction of sp³-hybridized carbons (Fsp3) is 0.333. The molecule has 0 spiro atoms. The molecule has 8 N–H and O–H groups in total. The van der Waals surface area contributed by atoms with Crippen LogP contribution in [-0.2, 0) is 38.2 Å². The van der Waals surface area contributed by atoms with Crippen LogP contribution in [0.2, 0.25) is 0 Å². The van der Waals surface area contributed by atoms with Crippen LogP contribution in [0.4, 0.5) is 11.4 Å². The zero-order chi connectivity index (χ0) is 58.6. The van der Waals surface area contributed by atoms with E-state index >= 15 is 0 Å². The SMILES string of the molecule is CNC(=O)C(O)C(O)C(=O)Nc1cccc2c(C(=O)C(=O)N3CCN(C(=O)c4ccc(-c5ccc6c(C(=O)C(=O)N7CCN(C(=O)c8ccccc8)CC7C)c[nH]c6c5NC(=O)CC(OC(C)(C)O)C(=O)OC)cc4)CC3C)c[nH]c12. The number of aromatic amines is 2. The molecule has 8 rings (SSSR count). The van der Waals surface area contributed by atoms with Crippen molar-refractivity contribution in [2.45, 2.75) is 70.3 Å². The summed E-state index contributed by atoms with van der Waals surface area (Å²) in [6, 6.07) is 21.8. The lowest BCUT2D eigenvalue weighted by atomic mass is 9.98. The maximum absolute atomic E-state index is 14.1. The number of amides is 7. The lowest BCUT2D eigenvalue weighted by Gasteiger charge is -2.39. The molecule has 2 aliphatic heterocycles. The molecule has 2 fully saturated rings. The third-order valence-corrected chi connectivity index (χ3v) is 14.1. The molecule has 6 aromatic rings. The van der Waals surface area contributed by atoms with E-state index in [1.807, 2.05) is 0 Å². The summed E-state index contributed by atoms with van der Waals surface area (Å²) in [5.74, 6) is -9.50. The number of methoxy groups -OCH3 is 1. The molecule has 0 bridgehead atoms. The standard InChI is InChI=1S/C57H61N9O15/c1-30-28-63(52(74)33-11-8-7-9-12-33)21-23-66(30)55(77)47(69)39-27-60-44-37(39)20-19-35(45(44)62-42(67)25-41(56(78)80-6)81-57(3,4)79)32-15-17-34(18-16-32)53(75)64-22-24-65(31(2)29-64)54(76)46(68)38-26-59-43-36(38)13-10-14-40(43)61-51(73)49(71)48(70)50(72)58-5/h7-20,26-27,30-31,41,48-49,59-60,70-71,79H,21-25,28-29H2,1-6H3,(H,58,72)(H,61,73)(H,62,67). The number of Topliss-reactive ketones (excluding diaryl/α,β-unsaturated/α-hetero) is 2. The Morgan fingerprint density at radius 1 is 0.654 bits per heavy atom. The second-order valence-corrected chi connectivity index (χ2v) is 20.2. The van der Waals surface area contributed by atoms with Gasteiger partial charge in [0, 0.05) is 98.3 Å². The minimum atomic E-state index is -2.12. The van der Waals surface area contributed by atoms with Crippen molar-refractivity contribution in [2.75, 3.05) is 64.1 Å². The van der Waals surface area contributed by atoms with Gasteiger partial charge in [-0.05, 0) is 63.6 Å². The summed E-state index contributed by atoms with van der Waals surface area (Å²) in [5, 5.41) is 38.5. The van der Waals surface area contributed by atoms with Gasteiger partial charge < -0.3 is 70.3 Å². The van der Waals surface area contributed by atoms with Crippen molar-refractivity contribution in [1.82, 2.24) is 34.9 Å². The van der Waals surface area contributed by atoms with Gasteiger partial charge in [0.05, 0.1) is 47.1 Å². The summed E-state index contributed by atoms with van der Waals surface area (Å²) in [4.78, 5) is 146. The number of aromatic nitrogens is 2. The van der Waals surface area contributed by atoms with Crippen molar-refractivity contribution in [3.8, 4) is 11.1 Å². The number of hydrogen-bond donors (Lipinski definition) is 8.